The Morgan fingerprint density at radius 1 is 1.26 bits per heavy atom. The number of fused-ring (bicyclic) bond motifs is 1. The molecule has 138 valence electrons. The van der Waals surface area contributed by atoms with Crippen LogP contribution in [0, 0.1) is 17.0 Å². The number of carbonyl (C=O) groups is 1. The highest BCUT2D eigenvalue weighted by atomic mass is 79.9. The highest BCUT2D eigenvalue weighted by Crippen LogP contribution is 2.31. The number of hydrogen-bond acceptors (Lipinski definition) is 5. The summed E-state index contributed by atoms with van der Waals surface area (Å²) in [6, 6.07) is 14.0. The van der Waals surface area contributed by atoms with Crippen LogP contribution >= 0.6 is 15.9 Å². The maximum Gasteiger partial charge on any atom is 0.295 e. The molecular formula is C19H17BrN4O3. The van der Waals surface area contributed by atoms with Gasteiger partial charge in [0.05, 0.1) is 17.2 Å². The molecule has 0 aliphatic carbocycles. The van der Waals surface area contributed by atoms with E-state index in [9.17, 15) is 14.9 Å². The fourth-order valence-electron chi connectivity index (χ4n) is 2.86. The Morgan fingerprint density at radius 3 is 2.70 bits per heavy atom. The number of benzene rings is 2. The molecule has 0 radical (unpaired) electrons. The fraction of sp³-hybridized carbons (Fsp3) is 0.158. The number of aryl methyl sites for hydroxylation is 1. The largest absolute Gasteiger partial charge is 0.365 e. The number of rotatable bonds is 5. The molecule has 0 saturated carbocycles. The predicted octanol–water partition coefficient (Wildman–Crippen LogP) is 4.29. The van der Waals surface area contributed by atoms with E-state index in [0.717, 1.165) is 4.47 Å². The minimum absolute atomic E-state index is 0.0523. The molecule has 0 aliphatic heterocycles. The van der Waals surface area contributed by atoms with Crippen LogP contribution in [0.1, 0.15) is 5.69 Å². The number of amides is 1. The third-order valence-electron chi connectivity index (χ3n) is 4.06. The topological polar surface area (TPSA) is 88.4 Å². The summed E-state index contributed by atoms with van der Waals surface area (Å²) in [5.74, 6) is -0.197. The zero-order chi connectivity index (χ0) is 19.6. The monoisotopic (exact) mass is 428 g/mol. The molecule has 27 heavy (non-hydrogen) atoms. The average molecular weight is 429 g/mol. The molecule has 0 saturated heterocycles. The van der Waals surface area contributed by atoms with E-state index >= 15 is 0 Å². The molecule has 3 rings (SSSR count). The number of nitro benzene ring substituents is 1. The lowest BCUT2D eigenvalue weighted by molar-refractivity contribution is -0.383. The lowest BCUT2D eigenvalue weighted by atomic mass is 10.1. The van der Waals surface area contributed by atoms with Crippen LogP contribution in [-0.2, 0) is 4.79 Å². The molecule has 1 amide bonds. The summed E-state index contributed by atoms with van der Waals surface area (Å²) < 4.78 is 0.793. The van der Waals surface area contributed by atoms with E-state index < -0.39 is 4.92 Å². The summed E-state index contributed by atoms with van der Waals surface area (Å²) in [7, 11) is 1.77. The second kappa shape index (κ2) is 7.71. The van der Waals surface area contributed by atoms with Crippen molar-refractivity contribution in [3.63, 3.8) is 0 Å². The van der Waals surface area contributed by atoms with E-state index in [1.165, 1.54) is 6.07 Å². The van der Waals surface area contributed by atoms with Crippen LogP contribution in [0.5, 0.6) is 0 Å². The zero-order valence-electron chi connectivity index (χ0n) is 14.8. The van der Waals surface area contributed by atoms with Crippen molar-refractivity contribution in [1.82, 2.24) is 4.98 Å². The maximum absolute atomic E-state index is 12.4. The molecule has 1 heterocycles. The number of non-ortho nitro benzene ring substituents is 1. The number of pyridine rings is 1. The first kappa shape index (κ1) is 18.8. The summed E-state index contributed by atoms with van der Waals surface area (Å²) in [4.78, 5) is 29.4. The Hall–Kier alpha value is -3.00. The lowest BCUT2D eigenvalue weighted by Crippen LogP contribution is -2.30. The van der Waals surface area contributed by atoms with Gasteiger partial charge in [-0.25, -0.2) is 4.98 Å². The molecular weight excluding hydrogens is 412 g/mol. The molecule has 0 fully saturated rings. The van der Waals surface area contributed by atoms with Gasteiger partial charge in [-0.15, -0.1) is 0 Å². The van der Waals surface area contributed by atoms with Crippen molar-refractivity contribution in [2.75, 3.05) is 23.8 Å². The number of aromatic nitrogens is 1. The quantitative estimate of drug-likeness (QED) is 0.483. The summed E-state index contributed by atoms with van der Waals surface area (Å²) in [6.07, 6.45) is 0. The molecule has 0 spiro atoms. The highest BCUT2D eigenvalue weighted by Gasteiger charge is 2.18. The van der Waals surface area contributed by atoms with Gasteiger partial charge in [-0.3, -0.25) is 14.9 Å². The van der Waals surface area contributed by atoms with Crippen LogP contribution in [0.25, 0.3) is 10.9 Å². The summed E-state index contributed by atoms with van der Waals surface area (Å²) in [6.45, 7) is 1.86. The summed E-state index contributed by atoms with van der Waals surface area (Å²) in [5, 5.41) is 14.8. The van der Waals surface area contributed by atoms with Gasteiger partial charge in [0.15, 0.2) is 5.52 Å². The van der Waals surface area contributed by atoms with Crippen molar-refractivity contribution in [2.24, 2.45) is 0 Å². The summed E-state index contributed by atoms with van der Waals surface area (Å²) in [5.41, 5.74) is 2.30. The lowest BCUT2D eigenvalue weighted by Gasteiger charge is -2.21. The third-order valence-corrected chi connectivity index (χ3v) is 4.75. The minimum atomic E-state index is -0.446. The van der Waals surface area contributed by atoms with Gasteiger partial charge in [0.1, 0.15) is 0 Å². The number of para-hydroxylation sites is 2. The number of anilines is 2. The van der Waals surface area contributed by atoms with Gasteiger partial charge < -0.3 is 10.2 Å². The van der Waals surface area contributed by atoms with Crippen LogP contribution in [0.3, 0.4) is 0 Å². The van der Waals surface area contributed by atoms with Gasteiger partial charge >= 0.3 is 0 Å². The van der Waals surface area contributed by atoms with E-state index in [-0.39, 0.29) is 18.1 Å². The van der Waals surface area contributed by atoms with Gasteiger partial charge in [-0.1, -0.05) is 24.3 Å². The maximum atomic E-state index is 12.4. The smallest absolute Gasteiger partial charge is 0.295 e. The number of hydrogen-bond donors (Lipinski definition) is 1. The summed E-state index contributed by atoms with van der Waals surface area (Å²) >= 11 is 3.40. The number of halogens is 1. The zero-order valence-corrected chi connectivity index (χ0v) is 16.4. The van der Waals surface area contributed by atoms with E-state index in [4.69, 9.17) is 0 Å². The first-order valence-electron chi connectivity index (χ1n) is 8.17. The van der Waals surface area contributed by atoms with Crippen molar-refractivity contribution >= 4 is 49.8 Å². The molecule has 0 bridgehead atoms. The molecule has 0 unspecified atom stereocenters. The molecule has 7 nitrogen and oxygen atoms in total. The fourth-order valence-corrected chi connectivity index (χ4v) is 3.24. The first-order valence-corrected chi connectivity index (χ1v) is 8.96. The number of nitrogens with one attached hydrogen (secondary N) is 1. The molecule has 3 aromatic rings. The number of nitro groups is 1. The first-order chi connectivity index (χ1) is 12.9. The van der Waals surface area contributed by atoms with E-state index in [1.54, 1.807) is 37.1 Å². The molecule has 1 N–H and O–H groups in total. The normalized spacial score (nSPS) is 10.6. The average Bonchev–Trinajstić information content (AvgIpc) is 2.62. The van der Waals surface area contributed by atoms with Crippen LogP contribution in [0.15, 0.2) is 53.0 Å². The number of nitrogens with zero attached hydrogens (tertiary/aromatic N) is 3. The predicted molar refractivity (Wildman–Crippen MR) is 109 cm³/mol. The Bertz CT molecular complexity index is 1040. The Morgan fingerprint density at radius 2 is 2.00 bits per heavy atom. The van der Waals surface area contributed by atoms with E-state index in [2.05, 4.69) is 26.2 Å². The molecule has 0 atom stereocenters. The van der Waals surface area contributed by atoms with Crippen LogP contribution in [0.4, 0.5) is 17.1 Å². The van der Waals surface area contributed by atoms with Gasteiger partial charge in [0, 0.05) is 34.4 Å². The van der Waals surface area contributed by atoms with Crippen molar-refractivity contribution in [2.45, 2.75) is 6.92 Å². The van der Waals surface area contributed by atoms with E-state index in [0.29, 0.717) is 28.0 Å². The minimum Gasteiger partial charge on any atom is -0.365 e. The van der Waals surface area contributed by atoms with Crippen molar-refractivity contribution in [1.29, 1.82) is 0 Å². The Balaban J connectivity index is 1.90. The van der Waals surface area contributed by atoms with Crippen LogP contribution in [0.2, 0.25) is 0 Å². The Labute approximate surface area is 164 Å². The van der Waals surface area contributed by atoms with Crippen molar-refractivity contribution in [3.05, 3.63) is 68.8 Å². The van der Waals surface area contributed by atoms with Gasteiger partial charge in [0.25, 0.3) is 5.69 Å². The number of carbonyl (C=O) groups excluding carboxylic acids is 1. The number of likely N-dealkylation sites (N-methyl/N-ethyl adjacent to an activating group) is 1. The standard InChI is InChI=1S/C19H17BrN4O3/c1-12-10-17(13-6-5-9-16(24(26)27)19(13)21-12)23(2)11-18(25)22-15-8-4-3-7-14(15)20/h3-10H,11H2,1-2H3,(H,22,25). The van der Waals surface area contributed by atoms with Crippen molar-refractivity contribution in [3.8, 4) is 0 Å². The second-order valence-electron chi connectivity index (χ2n) is 6.10. The second-order valence-corrected chi connectivity index (χ2v) is 6.95. The Kier molecular flexibility index (Phi) is 5.36. The van der Waals surface area contributed by atoms with Crippen molar-refractivity contribution < 1.29 is 9.72 Å². The van der Waals surface area contributed by atoms with Gasteiger partial charge in [-0.05, 0) is 41.1 Å². The molecule has 1 aromatic heterocycles. The van der Waals surface area contributed by atoms with E-state index in [1.807, 2.05) is 24.3 Å². The molecule has 8 heteroatoms. The SMILES string of the molecule is Cc1cc(N(C)CC(=O)Nc2ccccc2Br)c2cccc([N+](=O)[O-])c2n1. The highest BCUT2D eigenvalue weighted by molar-refractivity contribution is 9.10. The third kappa shape index (κ3) is 4.06. The van der Waals surface area contributed by atoms with Crippen LogP contribution < -0.4 is 10.2 Å². The van der Waals surface area contributed by atoms with Gasteiger partial charge in [-0.2, -0.15) is 0 Å². The molecule has 0 aliphatic rings. The van der Waals surface area contributed by atoms with Gasteiger partial charge in [0.2, 0.25) is 5.91 Å². The molecule has 2 aromatic carbocycles. The van der Waals surface area contributed by atoms with Crippen LogP contribution in [-0.4, -0.2) is 29.4 Å².